The summed E-state index contributed by atoms with van der Waals surface area (Å²) in [5.41, 5.74) is 0. The first kappa shape index (κ1) is 9.01. The molecule has 1 aliphatic heterocycles. The molecule has 1 N–H and O–H groups in total. The Hall–Kier alpha value is -1.08. The van der Waals surface area contributed by atoms with E-state index in [4.69, 9.17) is 10.00 Å². The highest BCUT2D eigenvalue weighted by Gasteiger charge is 2.30. The van der Waals surface area contributed by atoms with Gasteiger partial charge in [-0.3, -0.25) is 4.79 Å². The van der Waals surface area contributed by atoms with E-state index >= 15 is 0 Å². The minimum atomic E-state index is -0.349. The van der Waals surface area contributed by atoms with Gasteiger partial charge in [-0.25, -0.2) is 0 Å². The van der Waals surface area contributed by atoms with Crippen LogP contribution in [0.3, 0.4) is 0 Å². The van der Waals surface area contributed by atoms with Gasteiger partial charge in [0.1, 0.15) is 12.6 Å². The van der Waals surface area contributed by atoms with E-state index in [9.17, 15) is 4.79 Å². The average molecular weight is 168 g/mol. The summed E-state index contributed by atoms with van der Waals surface area (Å²) in [4.78, 5) is 11.2. The summed E-state index contributed by atoms with van der Waals surface area (Å²) in [6.45, 7) is 2.68. The lowest BCUT2D eigenvalue weighted by atomic mass is 10.0. The molecule has 0 aromatic carbocycles. The van der Waals surface area contributed by atoms with Gasteiger partial charge >= 0.3 is 0 Å². The Labute approximate surface area is 71.5 Å². The normalized spacial score (nSPS) is 28.0. The molecule has 1 rings (SSSR count). The predicted molar refractivity (Wildman–Crippen MR) is 42.1 cm³/mol. The molecule has 0 aromatic heterocycles. The highest BCUT2D eigenvalue weighted by Crippen LogP contribution is 2.19. The third kappa shape index (κ3) is 1.95. The number of hydrogen-bond acceptors (Lipinski definition) is 3. The van der Waals surface area contributed by atoms with Crippen LogP contribution in [0.4, 0.5) is 0 Å². The van der Waals surface area contributed by atoms with E-state index in [2.05, 4.69) is 5.32 Å². The van der Waals surface area contributed by atoms with Crippen LogP contribution < -0.4 is 5.32 Å². The zero-order valence-corrected chi connectivity index (χ0v) is 7.04. The summed E-state index contributed by atoms with van der Waals surface area (Å²) in [6, 6.07) is 1.85. The zero-order valence-electron chi connectivity index (χ0n) is 7.04. The van der Waals surface area contributed by atoms with Crippen molar-refractivity contribution in [2.75, 3.05) is 13.2 Å². The quantitative estimate of drug-likeness (QED) is 0.593. The second-order valence-electron chi connectivity index (χ2n) is 2.93. The van der Waals surface area contributed by atoms with Crippen LogP contribution in [0.5, 0.6) is 0 Å². The fourth-order valence-corrected chi connectivity index (χ4v) is 1.26. The second-order valence-corrected chi connectivity index (χ2v) is 2.93. The van der Waals surface area contributed by atoms with Gasteiger partial charge in [-0.1, -0.05) is 6.92 Å². The van der Waals surface area contributed by atoms with E-state index < -0.39 is 0 Å². The van der Waals surface area contributed by atoms with E-state index in [-0.39, 0.29) is 24.5 Å². The van der Waals surface area contributed by atoms with Gasteiger partial charge in [-0.05, 0) is 12.3 Å². The first-order valence-electron chi connectivity index (χ1n) is 4.02. The smallest absolute Gasteiger partial charge is 0.250 e. The minimum absolute atomic E-state index is 0.0609. The Morgan fingerprint density at radius 3 is 3.08 bits per heavy atom. The lowest BCUT2D eigenvalue weighted by Crippen LogP contribution is -2.37. The van der Waals surface area contributed by atoms with Crippen LogP contribution >= 0.6 is 0 Å². The first-order chi connectivity index (χ1) is 5.75. The molecule has 0 aliphatic carbocycles. The predicted octanol–water partition coefficient (Wildman–Crippen LogP) is 0.0512. The van der Waals surface area contributed by atoms with Gasteiger partial charge in [-0.2, -0.15) is 5.26 Å². The van der Waals surface area contributed by atoms with E-state index in [1.807, 2.05) is 13.0 Å². The van der Waals surface area contributed by atoms with Crippen LogP contribution in [0.1, 0.15) is 13.3 Å². The van der Waals surface area contributed by atoms with Crippen molar-refractivity contribution in [1.82, 2.24) is 5.32 Å². The summed E-state index contributed by atoms with van der Waals surface area (Å²) >= 11 is 0. The summed E-state index contributed by atoms with van der Waals surface area (Å²) in [5.74, 6) is 0.102. The third-order valence-electron chi connectivity index (χ3n) is 1.99. The number of amides is 1. The van der Waals surface area contributed by atoms with Crippen LogP contribution in [0, 0.1) is 17.2 Å². The number of nitriles is 1. The molecule has 4 nitrogen and oxygen atoms in total. The molecule has 4 heteroatoms. The van der Waals surface area contributed by atoms with Crippen LogP contribution in [-0.4, -0.2) is 25.2 Å². The number of carbonyl (C=O) groups is 1. The van der Waals surface area contributed by atoms with Crippen molar-refractivity contribution >= 4 is 5.91 Å². The molecule has 66 valence electrons. The molecule has 1 saturated heterocycles. The minimum Gasteiger partial charge on any atom is -0.368 e. The highest BCUT2D eigenvalue weighted by molar-refractivity contribution is 5.81. The molecule has 0 saturated carbocycles. The van der Waals surface area contributed by atoms with Crippen LogP contribution in [0.15, 0.2) is 0 Å². The van der Waals surface area contributed by atoms with Crippen molar-refractivity contribution in [3.63, 3.8) is 0 Å². The Kier molecular flexibility index (Phi) is 3.06. The van der Waals surface area contributed by atoms with E-state index in [0.29, 0.717) is 6.61 Å². The van der Waals surface area contributed by atoms with E-state index in [1.54, 1.807) is 0 Å². The molecule has 0 spiro atoms. The van der Waals surface area contributed by atoms with Crippen molar-refractivity contribution in [3.8, 4) is 6.07 Å². The van der Waals surface area contributed by atoms with Crippen molar-refractivity contribution in [1.29, 1.82) is 5.26 Å². The fourth-order valence-electron chi connectivity index (χ4n) is 1.26. The van der Waals surface area contributed by atoms with Gasteiger partial charge in [0.05, 0.1) is 6.07 Å². The summed E-state index contributed by atoms with van der Waals surface area (Å²) in [5, 5.41) is 10.7. The highest BCUT2D eigenvalue weighted by atomic mass is 16.5. The van der Waals surface area contributed by atoms with Crippen molar-refractivity contribution in [2.45, 2.75) is 19.4 Å². The molecule has 1 amide bonds. The Morgan fingerprint density at radius 1 is 1.83 bits per heavy atom. The molecule has 1 heterocycles. The molecule has 0 aromatic rings. The van der Waals surface area contributed by atoms with Crippen molar-refractivity contribution in [3.05, 3.63) is 0 Å². The summed E-state index contributed by atoms with van der Waals surface area (Å²) < 4.78 is 5.20. The van der Waals surface area contributed by atoms with E-state index in [0.717, 1.165) is 6.42 Å². The third-order valence-corrected chi connectivity index (χ3v) is 1.99. The standard InChI is InChI=1S/C8H12N2O2/c1-6-2-5-12-7(6)8(11)10-4-3-9/h6-7H,2,4-5H2,1H3,(H,10,11). The number of carbonyl (C=O) groups excluding carboxylic acids is 1. The van der Waals surface area contributed by atoms with Crippen LogP contribution in [-0.2, 0) is 9.53 Å². The summed E-state index contributed by atoms with van der Waals surface area (Å²) in [6.07, 6.45) is 0.573. The first-order valence-corrected chi connectivity index (χ1v) is 4.02. The number of hydrogen-bond donors (Lipinski definition) is 1. The van der Waals surface area contributed by atoms with Crippen molar-refractivity contribution in [2.24, 2.45) is 5.92 Å². The van der Waals surface area contributed by atoms with Gasteiger partial charge in [-0.15, -0.1) is 0 Å². The SMILES string of the molecule is CC1CCOC1C(=O)NCC#N. The van der Waals surface area contributed by atoms with Crippen molar-refractivity contribution < 1.29 is 9.53 Å². The molecule has 12 heavy (non-hydrogen) atoms. The molecular formula is C8H12N2O2. The number of ether oxygens (including phenoxy) is 1. The topological polar surface area (TPSA) is 62.1 Å². The maximum atomic E-state index is 11.2. The maximum absolute atomic E-state index is 11.2. The molecule has 0 radical (unpaired) electrons. The Balaban J connectivity index is 2.37. The van der Waals surface area contributed by atoms with Crippen LogP contribution in [0.2, 0.25) is 0 Å². The molecule has 1 aliphatic rings. The Bertz CT molecular complexity index is 210. The number of nitrogens with one attached hydrogen (secondary N) is 1. The molecule has 0 bridgehead atoms. The molecule has 2 unspecified atom stereocenters. The molecular weight excluding hydrogens is 156 g/mol. The van der Waals surface area contributed by atoms with Gasteiger partial charge in [0.2, 0.25) is 5.91 Å². The molecule has 1 fully saturated rings. The van der Waals surface area contributed by atoms with Crippen LogP contribution in [0.25, 0.3) is 0 Å². The monoisotopic (exact) mass is 168 g/mol. The molecule has 2 atom stereocenters. The maximum Gasteiger partial charge on any atom is 0.250 e. The lowest BCUT2D eigenvalue weighted by Gasteiger charge is -2.12. The van der Waals surface area contributed by atoms with Gasteiger partial charge in [0, 0.05) is 6.61 Å². The fraction of sp³-hybridized carbons (Fsp3) is 0.750. The lowest BCUT2D eigenvalue weighted by molar-refractivity contribution is -0.131. The second kappa shape index (κ2) is 4.07. The van der Waals surface area contributed by atoms with Gasteiger partial charge in [0.15, 0.2) is 0 Å². The zero-order chi connectivity index (χ0) is 8.97. The average Bonchev–Trinajstić information content (AvgIpc) is 2.47. The largest absolute Gasteiger partial charge is 0.368 e. The van der Waals surface area contributed by atoms with Gasteiger partial charge in [0.25, 0.3) is 0 Å². The number of rotatable bonds is 2. The van der Waals surface area contributed by atoms with E-state index in [1.165, 1.54) is 0 Å². The van der Waals surface area contributed by atoms with Gasteiger partial charge < -0.3 is 10.1 Å². The number of nitrogens with zero attached hydrogens (tertiary/aromatic N) is 1. The Morgan fingerprint density at radius 2 is 2.58 bits per heavy atom. The summed E-state index contributed by atoms with van der Waals surface area (Å²) in [7, 11) is 0.